The molecule has 2 aromatic rings. The lowest BCUT2D eigenvalue weighted by Crippen LogP contribution is -2.45. The molecule has 0 radical (unpaired) electrons. The SMILES string of the molecule is COC(=O)c1ccc(Nc2ccc(S(=O)(=O)NC(C)(C)C3CC3)c(C(F)(F)F)c2)c(Cl)c1. The number of benzene rings is 2. The highest BCUT2D eigenvalue weighted by molar-refractivity contribution is 7.89. The zero-order valence-corrected chi connectivity index (χ0v) is 19.1. The Kier molecular flexibility index (Phi) is 6.52. The van der Waals surface area contributed by atoms with Crippen molar-refractivity contribution in [2.45, 2.75) is 43.3 Å². The average molecular weight is 491 g/mol. The van der Waals surface area contributed by atoms with Crippen LogP contribution in [0.25, 0.3) is 0 Å². The summed E-state index contributed by atoms with van der Waals surface area (Å²) < 4.78 is 73.9. The van der Waals surface area contributed by atoms with Crippen molar-refractivity contribution >= 4 is 39.0 Å². The summed E-state index contributed by atoms with van der Waals surface area (Å²) in [5, 5.41) is 2.80. The van der Waals surface area contributed by atoms with Crippen molar-refractivity contribution in [3.63, 3.8) is 0 Å². The molecule has 1 saturated carbocycles. The molecule has 11 heteroatoms. The molecule has 0 amide bonds. The van der Waals surface area contributed by atoms with Gasteiger partial charge in [0.05, 0.1) is 33.8 Å². The third kappa shape index (κ3) is 5.36. The summed E-state index contributed by atoms with van der Waals surface area (Å²) in [6, 6.07) is 6.96. The Morgan fingerprint density at radius 2 is 1.78 bits per heavy atom. The van der Waals surface area contributed by atoms with E-state index in [-0.39, 0.29) is 27.9 Å². The molecule has 2 N–H and O–H groups in total. The fourth-order valence-electron chi connectivity index (χ4n) is 3.37. The van der Waals surface area contributed by atoms with E-state index < -0.39 is 38.2 Å². The van der Waals surface area contributed by atoms with E-state index in [1.165, 1.54) is 31.4 Å². The van der Waals surface area contributed by atoms with Gasteiger partial charge in [-0.3, -0.25) is 0 Å². The van der Waals surface area contributed by atoms with Crippen LogP contribution in [-0.2, 0) is 20.9 Å². The van der Waals surface area contributed by atoms with Crippen LogP contribution in [0.5, 0.6) is 0 Å². The largest absolute Gasteiger partial charge is 0.465 e. The fraction of sp³-hybridized carbons (Fsp3) is 0.381. The van der Waals surface area contributed by atoms with Crippen molar-refractivity contribution in [2.75, 3.05) is 12.4 Å². The molecular formula is C21H22ClF3N2O4S. The van der Waals surface area contributed by atoms with Gasteiger partial charge < -0.3 is 10.1 Å². The molecule has 6 nitrogen and oxygen atoms in total. The third-order valence-corrected chi connectivity index (χ3v) is 7.28. The van der Waals surface area contributed by atoms with Crippen LogP contribution in [0.3, 0.4) is 0 Å². The minimum atomic E-state index is -4.91. The molecule has 0 spiro atoms. The standard InChI is InChI=1S/C21H22ClF3N2O4S/c1-20(2,13-5-6-13)27-32(29,30)18-9-7-14(11-15(18)21(23,24)25)26-17-8-4-12(10-16(17)22)19(28)31-3/h4,7-11,13,26-27H,5-6H2,1-3H3. The first-order chi connectivity index (χ1) is 14.7. The molecule has 0 unspecified atom stereocenters. The highest BCUT2D eigenvalue weighted by Crippen LogP contribution is 2.41. The number of anilines is 2. The number of carbonyl (C=O) groups is 1. The molecule has 0 aromatic heterocycles. The van der Waals surface area contributed by atoms with Crippen LogP contribution >= 0.6 is 11.6 Å². The van der Waals surface area contributed by atoms with Crippen LogP contribution < -0.4 is 10.0 Å². The minimum absolute atomic E-state index is 0.0227. The van der Waals surface area contributed by atoms with Crippen LogP contribution in [0, 0.1) is 5.92 Å². The maximum Gasteiger partial charge on any atom is 0.417 e. The van der Waals surface area contributed by atoms with E-state index in [1.807, 2.05) is 0 Å². The van der Waals surface area contributed by atoms with Crippen molar-refractivity contribution in [3.05, 3.63) is 52.5 Å². The van der Waals surface area contributed by atoms with Gasteiger partial charge in [-0.1, -0.05) is 11.6 Å². The monoisotopic (exact) mass is 490 g/mol. The fourth-order valence-corrected chi connectivity index (χ4v) is 5.28. The van der Waals surface area contributed by atoms with E-state index >= 15 is 0 Å². The topological polar surface area (TPSA) is 84.5 Å². The quantitative estimate of drug-likeness (QED) is 0.511. The second-order valence-corrected chi connectivity index (χ2v) is 10.2. The van der Waals surface area contributed by atoms with Crippen molar-refractivity contribution in [1.29, 1.82) is 0 Å². The zero-order chi connectivity index (χ0) is 23.9. The van der Waals surface area contributed by atoms with Gasteiger partial charge in [0.25, 0.3) is 0 Å². The number of ether oxygens (including phenoxy) is 1. The smallest absolute Gasteiger partial charge is 0.417 e. The van der Waals surface area contributed by atoms with Crippen molar-refractivity contribution in [2.24, 2.45) is 5.92 Å². The summed E-state index contributed by atoms with van der Waals surface area (Å²) in [4.78, 5) is 10.7. The summed E-state index contributed by atoms with van der Waals surface area (Å²) in [6.07, 6.45) is -3.27. The maximum absolute atomic E-state index is 13.8. The molecule has 0 bridgehead atoms. The van der Waals surface area contributed by atoms with Crippen molar-refractivity contribution in [3.8, 4) is 0 Å². The highest BCUT2D eigenvalue weighted by atomic mass is 35.5. The van der Waals surface area contributed by atoms with Gasteiger partial charge in [0.2, 0.25) is 10.0 Å². The van der Waals surface area contributed by atoms with Crippen LogP contribution in [-0.4, -0.2) is 27.0 Å². The predicted octanol–water partition coefficient (Wildman–Crippen LogP) is 5.36. The van der Waals surface area contributed by atoms with E-state index in [0.29, 0.717) is 6.07 Å². The molecule has 1 aliphatic carbocycles. The predicted molar refractivity (Wildman–Crippen MR) is 115 cm³/mol. The lowest BCUT2D eigenvalue weighted by Gasteiger charge is -2.27. The number of nitrogens with one attached hydrogen (secondary N) is 2. The molecule has 1 aliphatic rings. The van der Waals surface area contributed by atoms with Gasteiger partial charge in [-0.25, -0.2) is 17.9 Å². The Balaban J connectivity index is 1.95. The number of hydrogen-bond acceptors (Lipinski definition) is 5. The summed E-state index contributed by atoms with van der Waals surface area (Å²) in [7, 11) is -3.22. The van der Waals surface area contributed by atoms with Gasteiger partial charge in [-0.2, -0.15) is 13.2 Å². The highest BCUT2D eigenvalue weighted by Gasteiger charge is 2.43. The zero-order valence-electron chi connectivity index (χ0n) is 17.5. The Hall–Kier alpha value is -2.30. The van der Waals surface area contributed by atoms with Gasteiger partial charge in [-0.15, -0.1) is 0 Å². The molecular weight excluding hydrogens is 469 g/mol. The number of alkyl halides is 3. The van der Waals surface area contributed by atoms with E-state index in [0.717, 1.165) is 18.9 Å². The molecule has 0 aliphatic heterocycles. The number of halogens is 4. The van der Waals surface area contributed by atoms with Gasteiger partial charge >= 0.3 is 12.1 Å². The van der Waals surface area contributed by atoms with Crippen molar-refractivity contribution in [1.82, 2.24) is 4.72 Å². The van der Waals surface area contributed by atoms with E-state index in [1.54, 1.807) is 13.8 Å². The van der Waals surface area contributed by atoms with Gasteiger partial charge in [0.1, 0.15) is 0 Å². The van der Waals surface area contributed by atoms with Gasteiger partial charge in [0.15, 0.2) is 0 Å². The molecule has 174 valence electrons. The number of sulfonamides is 1. The van der Waals surface area contributed by atoms with Crippen LogP contribution in [0.1, 0.15) is 42.6 Å². The van der Waals surface area contributed by atoms with Crippen molar-refractivity contribution < 1.29 is 31.1 Å². The van der Waals surface area contributed by atoms with Gasteiger partial charge in [-0.05, 0) is 69.0 Å². The molecule has 1 fully saturated rings. The third-order valence-electron chi connectivity index (χ3n) is 5.24. The van der Waals surface area contributed by atoms with E-state index in [2.05, 4.69) is 14.8 Å². The second kappa shape index (κ2) is 8.57. The molecule has 2 aromatic carbocycles. The van der Waals surface area contributed by atoms with Crippen LogP contribution in [0.2, 0.25) is 5.02 Å². The Labute approximate surface area is 189 Å². The summed E-state index contributed by atoms with van der Waals surface area (Å²) in [6.45, 7) is 3.32. The number of methoxy groups -OCH3 is 1. The molecule has 0 saturated heterocycles. The minimum Gasteiger partial charge on any atom is -0.465 e. The first-order valence-electron chi connectivity index (χ1n) is 9.65. The molecule has 3 rings (SSSR count). The van der Waals surface area contributed by atoms with E-state index in [9.17, 15) is 26.4 Å². The number of hydrogen-bond donors (Lipinski definition) is 2. The van der Waals surface area contributed by atoms with Crippen LogP contribution in [0.4, 0.5) is 24.5 Å². The summed E-state index contributed by atoms with van der Waals surface area (Å²) in [5.41, 5.74) is -1.77. The van der Waals surface area contributed by atoms with E-state index in [4.69, 9.17) is 11.6 Å². The number of rotatable bonds is 7. The first-order valence-corrected chi connectivity index (χ1v) is 11.5. The number of carbonyl (C=O) groups excluding carboxylic acids is 1. The van der Waals surface area contributed by atoms with Crippen LogP contribution in [0.15, 0.2) is 41.3 Å². The van der Waals surface area contributed by atoms with Gasteiger partial charge in [0, 0.05) is 11.2 Å². The molecule has 0 heterocycles. The summed E-state index contributed by atoms with van der Waals surface area (Å²) in [5.74, 6) is -0.531. The lowest BCUT2D eigenvalue weighted by molar-refractivity contribution is -0.139. The molecule has 32 heavy (non-hydrogen) atoms. The number of esters is 1. The normalized spacial score (nSPS) is 14.8. The Bertz CT molecular complexity index is 1150. The first kappa shape index (κ1) is 24.3. The molecule has 0 atom stereocenters. The lowest BCUT2D eigenvalue weighted by atomic mass is 10.0. The Morgan fingerprint density at radius 3 is 2.31 bits per heavy atom. The average Bonchev–Trinajstić information content (AvgIpc) is 3.53. The maximum atomic E-state index is 13.8. The second-order valence-electron chi connectivity index (χ2n) is 8.12. The summed E-state index contributed by atoms with van der Waals surface area (Å²) >= 11 is 6.12. The Morgan fingerprint density at radius 1 is 1.12 bits per heavy atom.